The highest BCUT2D eigenvalue weighted by molar-refractivity contribution is 5.92. The van der Waals surface area contributed by atoms with Gasteiger partial charge in [-0.1, -0.05) is 0 Å². The van der Waals surface area contributed by atoms with Crippen LogP contribution in [0.1, 0.15) is 29.1 Å². The van der Waals surface area contributed by atoms with Crippen molar-refractivity contribution >= 4 is 11.7 Å². The van der Waals surface area contributed by atoms with Gasteiger partial charge in [0, 0.05) is 32.5 Å². The van der Waals surface area contributed by atoms with Crippen LogP contribution in [0.2, 0.25) is 0 Å². The van der Waals surface area contributed by atoms with E-state index in [0.29, 0.717) is 18.7 Å². The fourth-order valence-electron chi connectivity index (χ4n) is 3.09. The van der Waals surface area contributed by atoms with E-state index in [1.807, 2.05) is 4.90 Å². The highest BCUT2D eigenvalue weighted by Crippen LogP contribution is 2.25. The quantitative estimate of drug-likeness (QED) is 0.888. The molecule has 8 heteroatoms. The molecule has 0 bridgehead atoms. The molecule has 3 heterocycles. The topological polar surface area (TPSA) is 95.6 Å². The van der Waals surface area contributed by atoms with Gasteiger partial charge in [0.2, 0.25) is 5.76 Å². The van der Waals surface area contributed by atoms with Crippen molar-refractivity contribution in [1.29, 1.82) is 0 Å². The molecule has 1 saturated heterocycles. The summed E-state index contributed by atoms with van der Waals surface area (Å²) in [5, 5.41) is 11.0. The predicted octanol–water partition coefficient (Wildman–Crippen LogP) is 0.877. The Morgan fingerprint density at radius 1 is 1.46 bits per heavy atom. The number of piperidine rings is 1. The lowest BCUT2D eigenvalue weighted by Crippen LogP contribution is -2.55. The van der Waals surface area contributed by atoms with Crippen LogP contribution in [0.4, 0.5) is 5.82 Å². The third-order valence-corrected chi connectivity index (χ3v) is 4.25. The number of β-amino-alcohol motifs (C(OH)–C–C–N with tert-alkyl or cyclic N) is 1. The summed E-state index contributed by atoms with van der Waals surface area (Å²) in [5.41, 5.74) is -0.461. The van der Waals surface area contributed by atoms with Gasteiger partial charge in [-0.05, 0) is 19.8 Å². The summed E-state index contributed by atoms with van der Waals surface area (Å²) >= 11 is 0. The SMILES string of the molecule is Cc1ncoc1C(=O)N(C)CC1(O)CCCN(c2cnccn2)C1. The normalized spacial score (nSPS) is 20.9. The number of aromatic nitrogens is 3. The maximum atomic E-state index is 12.4. The van der Waals surface area contributed by atoms with Gasteiger partial charge in [0.25, 0.3) is 5.91 Å². The van der Waals surface area contributed by atoms with Crippen molar-refractivity contribution in [2.45, 2.75) is 25.4 Å². The summed E-state index contributed by atoms with van der Waals surface area (Å²) < 4.78 is 5.15. The van der Waals surface area contributed by atoms with Gasteiger partial charge in [0.05, 0.1) is 24.0 Å². The summed E-state index contributed by atoms with van der Waals surface area (Å²) in [5.74, 6) is 0.661. The zero-order chi connectivity index (χ0) is 17.2. The van der Waals surface area contributed by atoms with Crippen LogP contribution in [0.5, 0.6) is 0 Å². The van der Waals surface area contributed by atoms with E-state index in [1.54, 1.807) is 32.6 Å². The fraction of sp³-hybridized carbons (Fsp3) is 0.500. The maximum Gasteiger partial charge on any atom is 0.291 e. The van der Waals surface area contributed by atoms with Crippen molar-refractivity contribution < 1.29 is 14.3 Å². The van der Waals surface area contributed by atoms with Gasteiger partial charge in [-0.15, -0.1) is 0 Å². The molecule has 128 valence electrons. The van der Waals surface area contributed by atoms with Crippen LogP contribution in [0.25, 0.3) is 0 Å². The second-order valence-corrected chi connectivity index (χ2v) is 6.24. The lowest BCUT2D eigenvalue weighted by Gasteiger charge is -2.41. The first-order valence-corrected chi connectivity index (χ1v) is 7.87. The van der Waals surface area contributed by atoms with E-state index in [2.05, 4.69) is 15.0 Å². The first kappa shape index (κ1) is 16.4. The minimum absolute atomic E-state index is 0.211. The Labute approximate surface area is 140 Å². The van der Waals surface area contributed by atoms with E-state index in [0.717, 1.165) is 18.8 Å². The Morgan fingerprint density at radius 2 is 2.29 bits per heavy atom. The molecule has 24 heavy (non-hydrogen) atoms. The van der Waals surface area contributed by atoms with Crippen LogP contribution >= 0.6 is 0 Å². The third kappa shape index (κ3) is 3.38. The molecule has 2 aromatic heterocycles. The van der Waals surface area contributed by atoms with Crippen molar-refractivity contribution in [3.8, 4) is 0 Å². The predicted molar refractivity (Wildman–Crippen MR) is 86.6 cm³/mol. The number of likely N-dealkylation sites (N-methyl/N-ethyl adjacent to an activating group) is 1. The minimum Gasteiger partial charge on any atom is -0.438 e. The summed E-state index contributed by atoms with van der Waals surface area (Å²) in [6.45, 7) is 3.14. The molecule has 1 amide bonds. The molecule has 3 rings (SSSR count). The molecule has 0 radical (unpaired) electrons. The molecule has 1 atom stereocenters. The Balaban J connectivity index is 1.69. The average molecular weight is 331 g/mol. The second kappa shape index (κ2) is 6.56. The monoisotopic (exact) mass is 331 g/mol. The molecule has 0 aromatic carbocycles. The number of amides is 1. The Kier molecular flexibility index (Phi) is 4.48. The van der Waals surface area contributed by atoms with Crippen LogP contribution in [0, 0.1) is 6.92 Å². The number of carbonyl (C=O) groups is 1. The standard InChI is InChI=1S/C16H21N5O3/c1-12-14(24-11-19-12)15(22)20(2)9-16(23)4-3-7-21(10-16)13-8-17-5-6-18-13/h5-6,8,11,23H,3-4,7,9-10H2,1-2H3. The number of nitrogens with zero attached hydrogens (tertiary/aromatic N) is 5. The zero-order valence-electron chi connectivity index (χ0n) is 13.8. The number of anilines is 1. The van der Waals surface area contributed by atoms with E-state index < -0.39 is 5.60 Å². The molecule has 8 nitrogen and oxygen atoms in total. The van der Waals surface area contributed by atoms with E-state index in [1.165, 1.54) is 11.3 Å². The van der Waals surface area contributed by atoms with E-state index in [9.17, 15) is 9.90 Å². The van der Waals surface area contributed by atoms with Gasteiger partial charge in [0.1, 0.15) is 5.82 Å². The smallest absolute Gasteiger partial charge is 0.291 e. The molecule has 0 saturated carbocycles. The lowest BCUT2D eigenvalue weighted by atomic mass is 9.92. The van der Waals surface area contributed by atoms with E-state index >= 15 is 0 Å². The fourth-order valence-corrected chi connectivity index (χ4v) is 3.09. The minimum atomic E-state index is -1.01. The van der Waals surface area contributed by atoms with Gasteiger partial charge in [-0.2, -0.15) is 0 Å². The summed E-state index contributed by atoms with van der Waals surface area (Å²) in [4.78, 5) is 28.2. The largest absolute Gasteiger partial charge is 0.438 e. The van der Waals surface area contributed by atoms with Crippen molar-refractivity contribution in [3.63, 3.8) is 0 Å². The van der Waals surface area contributed by atoms with Gasteiger partial charge in [-0.25, -0.2) is 9.97 Å². The van der Waals surface area contributed by atoms with Gasteiger partial charge < -0.3 is 19.3 Å². The molecule has 2 aromatic rings. The summed E-state index contributed by atoms with van der Waals surface area (Å²) in [6.07, 6.45) is 7.62. The van der Waals surface area contributed by atoms with E-state index in [4.69, 9.17) is 4.42 Å². The molecular weight excluding hydrogens is 310 g/mol. The number of rotatable bonds is 4. The number of hydrogen-bond acceptors (Lipinski definition) is 7. The van der Waals surface area contributed by atoms with Crippen LogP contribution in [-0.4, -0.2) is 63.1 Å². The van der Waals surface area contributed by atoms with Gasteiger partial charge in [0.15, 0.2) is 6.39 Å². The van der Waals surface area contributed by atoms with Crippen LogP contribution in [-0.2, 0) is 0 Å². The number of carbonyl (C=O) groups excluding carboxylic acids is 1. The highest BCUT2D eigenvalue weighted by Gasteiger charge is 2.36. The van der Waals surface area contributed by atoms with Crippen molar-refractivity contribution in [3.05, 3.63) is 36.4 Å². The number of aliphatic hydroxyl groups is 1. The molecule has 0 spiro atoms. The third-order valence-electron chi connectivity index (χ3n) is 4.25. The Hall–Kier alpha value is -2.48. The number of aryl methyl sites for hydroxylation is 1. The maximum absolute atomic E-state index is 12.4. The molecule has 1 fully saturated rings. The van der Waals surface area contributed by atoms with Crippen molar-refractivity contribution in [1.82, 2.24) is 19.9 Å². The first-order valence-electron chi connectivity index (χ1n) is 7.87. The summed E-state index contributed by atoms with van der Waals surface area (Å²) in [6, 6.07) is 0. The average Bonchev–Trinajstić information content (AvgIpc) is 3.00. The van der Waals surface area contributed by atoms with Crippen LogP contribution in [0.15, 0.2) is 29.4 Å². The number of oxazole rings is 1. The van der Waals surface area contributed by atoms with Crippen LogP contribution < -0.4 is 4.90 Å². The van der Waals surface area contributed by atoms with E-state index in [-0.39, 0.29) is 18.2 Å². The molecule has 0 aliphatic carbocycles. The molecule has 1 aliphatic heterocycles. The lowest BCUT2D eigenvalue weighted by molar-refractivity contribution is -0.000908. The Bertz CT molecular complexity index is 705. The number of hydrogen-bond donors (Lipinski definition) is 1. The Morgan fingerprint density at radius 3 is 2.96 bits per heavy atom. The molecule has 1 aliphatic rings. The molecule has 1 unspecified atom stereocenters. The second-order valence-electron chi connectivity index (χ2n) is 6.24. The summed E-state index contributed by atoms with van der Waals surface area (Å²) in [7, 11) is 1.66. The first-order chi connectivity index (χ1) is 11.5. The molecular formula is C16H21N5O3. The van der Waals surface area contributed by atoms with Crippen molar-refractivity contribution in [2.75, 3.05) is 31.6 Å². The van der Waals surface area contributed by atoms with Gasteiger partial charge in [-0.3, -0.25) is 9.78 Å². The highest BCUT2D eigenvalue weighted by atomic mass is 16.4. The van der Waals surface area contributed by atoms with Crippen LogP contribution in [0.3, 0.4) is 0 Å². The van der Waals surface area contributed by atoms with Crippen molar-refractivity contribution in [2.24, 2.45) is 0 Å². The van der Waals surface area contributed by atoms with Gasteiger partial charge >= 0.3 is 0 Å². The zero-order valence-corrected chi connectivity index (χ0v) is 13.8. The molecule has 1 N–H and O–H groups in total.